The summed E-state index contributed by atoms with van der Waals surface area (Å²) in [6.45, 7) is 5.11. The van der Waals surface area contributed by atoms with Crippen molar-refractivity contribution in [3.05, 3.63) is 0 Å². The predicted molar refractivity (Wildman–Crippen MR) is 60.5 cm³/mol. The van der Waals surface area contributed by atoms with Gasteiger partial charge in [-0.3, -0.25) is 4.79 Å². The van der Waals surface area contributed by atoms with Crippen LogP contribution in [-0.2, 0) is 4.79 Å². The lowest BCUT2D eigenvalue weighted by atomic mass is 9.97. The largest absolute Gasteiger partial charge is 0.396 e. The van der Waals surface area contributed by atoms with Crippen molar-refractivity contribution in [1.29, 1.82) is 0 Å². The molecule has 1 aliphatic heterocycles. The molecule has 0 aromatic heterocycles. The van der Waals surface area contributed by atoms with Crippen molar-refractivity contribution in [2.75, 3.05) is 13.2 Å². The second-order valence-corrected chi connectivity index (χ2v) is 4.50. The Labute approximate surface area is 92.5 Å². The van der Waals surface area contributed by atoms with Crippen LogP contribution in [-0.4, -0.2) is 35.1 Å². The van der Waals surface area contributed by atoms with Crippen molar-refractivity contribution in [1.82, 2.24) is 4.90 Å². The van der Waals surface area contributed by atoms with Gasteiger partial charge in [0.2, 0.25) is 5.91 Å². The summed E-state index contributed by atoms with van der Waals surface area (Å²) < 4.78 is 0. The number of rotatable bonds is 4. The molecule has 1 amide bonds. The van der Waals surface area contributed by atoms with E-state index in [1.54, 1.807) is 0 Å². The fourth-order valence-electron chi connectivity index (χ4n) is 2.20. The van der Waals surface area contributed by atoms with Crippen LogP contribution in [0, 0.1) is 5.92 Å². The molecule has 2 atom stereocenters. The van der Waals surface area contributed by atoms with Gasteiger partial charge in [-0.1, -0.05) is 13.8 Å². The summed E-state index contributed by atoms with van der Waals surface area (Å²) >= 11 is 0. The van der Waals surface area contributed by atoms with Gasteiger partial charge in [-0.2, -0.15) is 0 Å². The molecule has 2 unspecified atom stereocenters. The van der Waals surface area contributed by atoms with Gasteiger partial charge in [0, 0.05) is 25.1 Å². The average molecular weight is 213 g/mol. The van der Waals surface area contributed by atoms with Crippen LogP contribution < -0.4 is 0 Å². The molecular formula is C12H23NO2. The maximum atomic E-state index is 12.1. The van der Waals surface area contributed by atoms with E-state index in [-0.39, 0.29) is 24.5 Å². The zero-order chi connectivity index (χ0) is 11.3. The van der Waals surface area contributed by atoms with Gasteiger partial charge in [0.1, 0.15) is 0 Å². The lowest BCUT2D eigenvalue weighted by Crippen LogP contribution is -2.46. The number of likely N-dealkylation sites (tertiary alicyclic amines) is 1. The minimum absolute atomic E-state index is 0.129. The summed E-state index contributed by atoms with van der Waals surface area (Å²) in [6, 6.07) is 0.283. The third-order valence-electron chi connectivity index (χ3n) is 3.41. The number of aliphatic hydroxyl groups excluding tert-OH is 1. The Hall–Kier alpha value is -0.570. The second kappa shape index (κ2) is 6.11. The molecule has 1 heterocycles. The minimum Gasteiger partial charge on any atom is -0.396 e. The van der Waals surface area contributed by atoms with Crippen molar-refractivity contribution >= 4 is 5.91 Å². The number of nitrogens with zero attached hydrogens (tertiary/aromatic N) is 1. The molecule has 1 saturated heterocycles. The molecule has 3 heteroatoms. The minimum atomic E-state index is 0.129. The number of carbonyl (C=O) groups is 1. The molecule has 1 N–H and O–H groups in total. The van der Waals surface area contributed by atoms with Crippen LogP contribution in [0.2, 0.25) is 0 Å². The van der Waals surface area contributed by atoms with Gasteiger partial charge < -0.3 is 10.0 Å². The SMILES string of the molecule is CCC(C)C(=O)N1CCCCC1CCO. The lowest BCUT2D eigenvalue weighted by molar-refractivity contribution is -0.139. The van der Waals surface area contributed by atoms with Crippen LogP contribution >= 0.6 is 0 Å². The molecule has 0 bridgehead atoms. The van der Waals surface area contributed by atoms with Gasteiger partial charge in [0.05, 0.1) is 0 Å². The number of hydrogen-bond acceptors (Lipinski definition) is 2. The van der Waals surface area contributed by atoms with Gasteiger partial charge in [-0.05, 0) is 32.1 Å². The molecule has 15 heavy (non-hydrogen) atoms. The first kappa shape index (κ1) is 12.5. The summed E-state index contributed by atoms with van der Waals surface area (Å²) in [5, 5.41) is 8.98. The van der Waals surface area contributed by atoms with Crippen LogP contribution in [0.25, 0.3) is 0 Å². The number of hydrogen-bond donors (Lipinski definition) is 1. The summed E-state index contributed by atoms with van der Waals surface area (Å²) in [6.07, 6.45) is 5.01. The third kappa shape index (κ3) is 3.20. The molecule has 0 aromatic rings. The summed E-state index contributed by atoms with van der Waals surface area (Å²) in [5.41, 5.74) is 0. The van der Waals surface area contributed by atoms with Gasteiger partial charge in [-0.25, -0.2) is 0 Å². The van der Waals surface area contributed by atoms with Crippen molar-refractivity contribution < 1.29 is 9.90 Å². The fourth-order valence-corrected chi connectivity index (χ4v) is 2.20. The molecule has 0 spiro atoms. The number of piperidine rings is 1. The molecule has 88 valence electrons. The van der Waals surface area contributed by atoms with E-state index >= 15 is 0 Å². The van der Waals surface area contributed by atoms with Gasteiger partial charge >= 0.3 is 0 Å². The number of aliphatic hydroxyl groups is 1. The summed E-state index contributed by atoms with van der Waals surface area (Å²) in [4.78, 5) is 14.1. The zero-order valence-corrected chi connectivity index (χ0v) is 9.91. The first-order chi connectivity index (χ1) is 7.20. The quantitative estimate of drug-likeness (QED) is 0.773. The highest BCUT2D eigenvalue weighted by molar-refractivity contribution is 5.78. The van der Waals surface area contributed by atoms with Crippen LogP contribution in [0.1, 0.15) is 46.0 Å². The van der Waals surface area contributed by atoms with Crippen LogP contribution in [0.15, 0.2) is 0 Å². The van der Waals surface area contributed by atoms with E-state index in [0.717, 1.165) is 32.2 Å². The van der Waals surface area contributed by atoms with Crippen molar-refractivity contribution in [3.63, 3.8) is 0 Å². The van der Waals surface area contributed by atoms with Gasteiger partial charge in [0.25, 0.3) is 0 Å². The Balaban J connectivity index is 2.58. The highest BCUT2D eigenvalue weighted by Crippen LogP contribution is 2.22. The van der Waals surface area contributed by atoms with Crippen molar-refractivity contribution in [2.45, 2.75) is 52.0 Å². The first-order valence-corrected chi connectivity index (χ1v) is 6.12. The topological polar surface area (TPSA) is 40.5 Å². The second-order valence-electron chi connectivity index (χ2n) is 4.50. The van der Waals surface area contributed by atoms with Gasteiger partial charge in [0.15, 0.2) is 0 Å². The normalized spacial score (nSPS) is 23.9. The molecule has 1 aliphatic rings. The van der Waals surface area contributed by atoms with E-state index in [2.05, 4.69) is 0 Å². The highest BCUT2D eigenvalue weighted by atomic mass is 16.3. The maximum absolute atomic E-state index is 12.1. The fraction of sp³-hybridized carbons (Fsp3) is 0.917. The summed E-state index contributed by atoms with van der Waals surface area (Å²) in [7, 11) is 0. The molecule has 0 radical (unpaired) electrons. The highest BCUT2D eigenvalue weighted by Gasteiger charge is 2.28. The van der Waals surface area contributed by atoms with Crippen LogP contribution in [0.3, 0.4) is 0 Å². The van der Waals surface area contributed by atoms with E-state index in [1.807, 2.05) is 18.7 Å². The van der Waals surface area contributed by atoms with E-state index < -0.39 is 0 Å². The van der Waals surface area contributed by atoms with Crippen molar-refractivity contribution in [2.24, 2.45) is 5.92 Å². The monoisotopic (exact) mass is 213 g/mol. The van der Waals surface area contributed by atoms with E-state index in [0.29, 0.717) is 0 Å². The Morgan fingerprint density at radius 2 is 2.27 bits per heavy atom. The Bertz CT molecular complexity index is 204. The molecule has 0 aromatic carbocycles. The predicted octanol–water partition coefficient (Wildman–Crippen LogP) is 1.80. The van der Waals surface area contributed by atoms with Crippen LogP contribution in [0.4, 0.5) is 0 Å². The molecule has 3 nitrogen and oxygen atoms in total. The van der Waals surface area contributed by atoms with Crippen LogP contribution in [0.5, 0.6) is 0 Å². The first-order valence-electron chi connectivity index (χ1n) is 6.12. The van der Waals surface area contributed by atoms with E-state index in [1.165, 1.54) is 6.42 Å². The standard InChI is InChI=1S/C12H23NO2/c1-3-10(2)12(15)13-8-5-4-6-11(13)7-9-14/h10-11,14H,3-9H2,1-2H3. The smallest absolute Gasteiger partial charge is 0.225 e. The lowest BCUT2D eigenvalue weighted by Gasteiger charge is -2.37. The van der Waals surface area contributed by atoms with Crippen molar-refractivity contribution in [3.8, 4) is 0 Å². The summed E-state index contributed by atoms with van der Waals surface area (Å²) in [5.74, 6) is 0.403. The third-order valence-corrected chi connectivity index (χ3v) is 3.41. The Morgan fingerprint density at radius 3 is 2.87 bits per heavy atom. The average Bonchev–Trinajstić information content (AvgIpc) is 2.28. The number of carbonyl (C=O) groups excluding carboxylic acids is 1. The van der Waals surface area contributed by atoms with E-state index in [4.69, 9.17) is 5.11 Å². The molecule has 0 saturated carbocycles. The molecule has 1 rings (SSSR count). The van der Waals surface area contributed by atoms with Gasteiger partial charge in [-0.15, -0.1) is 0 Å². The Kier molecular flexibility index (Phi) is 5.09. The Morgan fingerprint density at radius 1 is 1.53 bits per heavy atom. The molecule has 1 fully saturated rings. The molecular weight excluding hydrogens is 190 g/mol. The van der Waals surface area contributed by atoms with E-state index in [9.17, 15) is 4.79 Å². The molecule has 0 aliphatic carbocycles. The zero-order valence-electron chi connectivity index (χ0n) is 9.91. The maximum Gasteiger partial charge on any atom is 0.225 e. The number of amides is 1.